The summed E-state index contributed by atoms with van der Waals surface area (Å²) in [5.74, 6) is 0. The van der Waals surface area contributed by atoms with Crippen LogP contribution in [0.3, 0.4) is 0 Å². The van der Waals surface area contributed by atoms with Crippen molar-refractivity contribution in [1.82, 2.24) is 14.3 Å². The molecule has 0 spiro atoms. The van der Waals surface area contributed by atoms with Gasteiger partial charge in [-0.2, -0.15) is 12.7 Å². The lowest BCUT2D eigenvalue weighted by molar-refractivity contribution is 0.414. The minimum atomic E-state index is -3.26. The van der Waals surface area contributed by atoms with Gasteiger partial charge in [0.15, 0.2) is 0 Å². The monoisotopic (exact) mass is 263 g/mol. The van der Waals surface area contributed by atoms with Crippen molar-refractivity contribution >= 4 is 10.2 Å². The second kappa shape index (κ2) is 7.31. The van der Waals surface area contributed by atoms with Crippen LogP contribution < -0.4 is 10.0 Å². The average molecular weight is 263 g/mol. The molecule has 1 aliphatic heterocycles. The molecule has 0 unspecified atom stereocenters. The Morgan fingerprint density at radius 3 is 2.18 bits per heavy atom. The van der Waals surface area contributed by atoms with Gasteiger partial charge >= 0.3 is 0 Å². The van der Waals surface area contributed by atoms with Crippen LogP contribution in [0.5, 0.6) is 0 Å². The molecule has 0 aromatic heterocycles. The highest BCUT2D eigenvalue weighted by atomic mass is 32.2. The van der Waals surface area contributed by atoms with Crippen LogP contribution >= 0.6 is 0 Å². The van der Waals surface area contributed by atoms with Crippen molar-refractivity contribution in [2.45, 2.75) is 45.6 Å². The summed E-state index contributed by atoms with van der Waals surface area (Å²) in [7, 11) is -3.26. The zero-order valence-corrected chi connectivity index (χ0v) is 11.7. The molecule has 2 N–H and O–H groups in total. The molecule has 1 fully saturated rings. The highest BCUT2D eigenvalue weighted by molar-refractivity contribution is 7.87. The summed E-state index contributed by atoms with van der Waals surface area (Å²) in [6, 6.07) is 0.387. The van der Waals surface area contributed by atoms with E-state index in [0.29, 0.717) is 32.2 Å². The first-order chi connectivity index (χ1) is 8.02. The molecular weight excluding hydrogens is 238 g/mol. The van der Waals surface area contributed by atoms with E-state index >= 15 is 0 Å². The lowest BCUT2D eigenvalue weighted by Gasteiger charge is -2.20. The molecule has 1 rings (SSSR count). The van der Waals surface area contributed by atoms with Gasteiger partial charge in [0.05, 0.1) is 0 Å². The maximum absolute atomic E-state index is 12.0. The van der Waals surface area contributed by atoms with Gasteiger partial charge in [-0.1, -0.05) is 26.7 Å². The van der Waals surface area contributed by atoms with E-state index < -0.39 is 10.2 Å². The smallest absolute Gasteiger partial charge is 0.279 e. The molecule has 0 aliphatic carbocycles. The topological polar surface area (TPSA) is 61.4 Å². The van der Waals surface area contributed by atoms with E-state index in [1.807, 2.05) is 13.8 Å². The minimum Gasteiger partial charge on any atom is -0.313 e. The standard InChI is InChI=1S/C11H25N3O2S/c1-11(2)12-7-8-13-17(15,16)14-9-5-3-4-6-10-14/h11-13H,3-10H2,1-2H3. The maximum Gasteiger partial charge on any atom is 0.279 e. The Morgan fingerprint density at radius 2 is 1.65 bits per heavy atom. The Balaban J connectivity index is 2.33. The van der Waals surface area contributed by atoms with Crippen LogP contribution in [-0.4, -0.2) is 44.9 Å². The first kappa shape index (κ1) is 14.9. The van der Waals surface area contributed by atoms with Gasteiger partial charge < -0.3 is 5.32 Å². The van der Waals surface area contributed by atoms with Gasteiger partial charge in [0.2, 0.25) is 0 Å². The van der Waals surface area contributed by atoms with Crippen molar-refractivity contribution in [1.29, 1.82) is 0 Å². The van der Waals surface area contributed by atoms with Gasteiger partial charge in [0.1, 0.15) is 0 Å². The van der Waals surface area contributed by atoms with E-state index in [1.165, 1.54) is 0 Å². The Hall–Kier alpha value is -0.170. The second-order valence-electron chi connectivity index (χ2n) is 4.82. The number of nitrogens with one attached hydrogen (secondary N) is 2. The van der Waals surface area contributed by atoms with E-state index in [4.69, 9.17) is 0 Å². The van der Waals surface area contributed by atoms with Crippen LogP contribution in [0, 0.1) is 0 Å². The Labute approximate surface area is 105 Å². The minimum absolute atomic E-state index is 0.387. The summed E-state index contributed by atoms with van der Waals surface area (Å²) >= 11 is 0. The van der Waals surface area contributed by atoms with Crippen LogP contribution in [0.4, 0.5) is 0 Å². The Kier molecular flexibility index (Phi) is 6.40. The van der Waals surface area contributed by atoms with Crippen LogP contribution in [0.1, 0.15) is 39.5 Å². The zero-order chi connectivity index (χ0) is 12.7. The molecule has 0 atom stereocenters. The van der Waals surface area contributed by atoms with E-state index in [0.717, 1.165) is 25.7 Å². The Bertz CT molecular complexity index is 296. The average Bonchev–Trinajstić information content (AvgIpc) is 2.53. The van der Waals surface area contributed by atoms with Crippen LogP contribution in [0.25, 0.3) is 0 Å². The van der Waals surface area contributed by atoms with Gasteiger partial charge in [-0.3, -0.25) is 0 Å². The third-order valence-electron chi connectivity index (χ3n) is 2.87. The molecule has 17 heavy (non-hydrogen) atoms. The van der Waals surface area contributed by atoms with Gasteiger partial charge in [-0.25, -0.2) is 4.72 Å². The number of rotatable bonds is 6. The molecule has 102 valence electrons. The lowest BCUT2D eigenvalue weighted by Crippen LogP contribution is -2.44. The molecule has 0 radical (unpaired) electrons. The van der Waals surface area contributed by atoms with Crippen molar-refractivity contribution in [3.8, 4) is 0 Å². The molecule has 1 aliphatic rings. The third kappa shape index (κ3) is 5.81. The van der Waals surface area contributed by atoms with Crippen LogP contribution in [0.2, 0.25) is 0 Å². The molecule has 0 bridgehead atoms. The molecule has 1 saturated heterocycles. The molecule has 5 nitrogen and oxygen atoms in total. The highest BCUT2D eigenvalue weighted by Crippen LogP contribution is 2.11. The fraction of sp³-hybridized carbons (Fsp3) is 1.00. The normalized spacial score (nSPS) is 19.5. The lowest BCUT2D eigenvalue weighted by atomic mass is 10.2. The maximum atomic E-state index is 12.0. The first-order valence-corrected chi connectivity index (χ1v) is 7.94. The van der Waals surface area contributed by atoms with Gasteiger partial charge in [0.25, 0.3) is 10.2 Å². The van der Waals surface area contributed by atoms with Crippen molar-refractivity contribution < 1.29 is 8.42 Å². The van der Waals surface area contributed by atoms with Crippen LogP contribution in [-0.2, 0) is 10.2 Å². The largest absolute Gasteiger partial charge is 0.313 e. The summed E-state index contributed by atoms with van der Waals surface area (Å²) in [5, 5.41) is 3.19. The summed E-state index contributed by atoms with van der Waals surface area (Å²) in [5.41, 5.74) is 0. The molecule has 0 saturated carbocycles. The predicted octanol–water partition coefficient (Wildman–Crippen LogP) is 0.695. The van der Waals surface area contributed by atoms with E-state index in [1.54, 1.807) is 4.31 Å². The predicted molar refractivity (Wildman–Crippen MR) is 70.1 cm³/mol. The van der Waals surface area contributed by atoms with Crippen molar-refractivity contribution in [3.63, 3.8) is 0 Å². The fourth-order valence-electron chi connectivity index (χ4n) is 1.91. The summed E-state index contributed by atoms with van der Waals surface area (Å²) in [4.78, 5) is 0. The summed E-state index contributed by atoms with van der Waals surface area (Å²) < 4.78 is 28.2. The number of hydrogen-bond acceptors (Lipinski definition) is 3. The number of nitrogens with zero attached hydrogens (tertiary/aromatic N) is 1. The highest BCUT2D eigenvalue weighted by Gasteiger charge is 2.21. The molecule has 0 amide bonds. The zero-order valence-electron chi connectivity index (χ0n) is 10.9. The molecular formula is C11H25N3O2S. The van der Waals surface area contributed by atoms with Crippen molar-refractivity contribution in [2.75, 3.05) is 26.2 Å². The SMILES string of the molecule is CC(C)NCCNS(=O)(=O)N1CCCCCC1. The van der Waals surface area contributed by atoms with E-state index in [-0.39, 0.29) is 0 Å². The molecule has 1 heterocycles. The molecule has 0 aromatic carbocycles. The summed E-state index contributed by atoms with van der Waals surface area (Å²) in [6.45, 7) is 6.54. The van der Waals surface area contributed by atoms with Crippen molar-refractivity contribution in [3.05, 3.63) is 0 Å². The fourth-order valence-corrected chi connectivity index (χ4v) is 3.20. The van der Waals surface area contributed by atoms with E-state index in [9.17, 15) is 8.42 Å². The molecule has 6 heteroatoms. The third-order valence-corrected chi connectivity index (χ3v) is 4.48. The molecule has 0 aromatic rings. The van der Waals surface area contributed by atoms with Gasteiger partial charge in [-0.05, 0) is 12.8 Å². The summed E-state index contributed by atoms with van der Waals surface area (Å²) in [6.07, 6.45) is 4.23. The first-order valence-electron chi connectivity index (χ1n) is 6.50. The van der Waals surface area contributed by atoms with Gasteiger partial charge in [0, 0.05) is 32.2 Å². The van der Waals surface area contributed by atoms with E-state index in [2.05, 4.69) is 10.0 Å². The van der Waals surface area contributed by atoms with Gasteiger partial charge in [-0.15, -0.1) is 0 Å². The van der Waals surface area contributed by atoms with Crippen LogP contribution in [0.15, 0.2) is 0 Å². The Morgan fingerprint density at radius 1 is 1.06 bits per heavy atom. The van der Waals surface area contributed by atoms with Crippen molar-refractivity contribution in [2.24, 2.45) is 0 Å². The number of hydrogen-bond donors (Lipinski definition) is 2. The second-order valence-corrected chi connectivity index (χ2v) is 6.58. The quantitative estimate of drug-likeness (QED) is 0.693.